The average Bonchev–Trinajstić information content (AvgIpc) is 2.79. The van der Waals surface area contributed by atoms with Crippen LogP contribution in [0.5, 0.6) is 0 Å². The molecule has 0 aromatic carbocycles. The number of hydrogen-bond acceptors (Lipinski definition) is 3. The van der Waals surface area contributed by atoms with Gasteiger partial charge < -0.3 is 0 Å². The van der Waals surface area contributed by atoms with Crippen LogP contribution in [-0.2, 0) is 10.1 Å². The Morgan fingerprint density at radius 1 is 1.28 bits per heavy atom. The van der Waals surface area contributed by atoms with Crippen LogP contribution in [0.4, 0.5) is 0 Å². The summed E-state index contributed by atoms with van der Waals surface area (Å²) in [5.41, 5.74) is -0.203. The van der Waals surface area contributed by atoms with E-state index >= 15 is 0 Å². The lowest BCUT2D eigenvalue weighted by atomic mass is 9.73. The van der Waals surface area contributed by atoms with Gasteiger partial charge in [-0.05, 0) is 37.7 Å². The fraction of sp³-hybridized carbons (Fsp3) is 0.769. The zero-order valence-corrected chi connectivity index (χ0v) is 11.4. The van der Waals surface area contributed by atoms with E-state index in [0.717, 1.165) is 0 Å². The average molecular weight is 271 g/mol. The molecule has 0 aromatic heterocycles. The van der Waals surface area contributed by atoms with Crippen molar-refractivity contribution in [2.24, 2.45) is 10.9 Å². The minimum atomic E-state index is -3.85. The van der Waals surface area contributed by atoms with Gasteiger partial charge >= 0.3 is 0 Å². The Balaban J connectivity index is 1.99. The third-order valence-electron chi connectivity index (χ3n) is 4.08. The van der Waals surface area contributed by atoms with Crippen LogP contribution in [0.3, 0.4) is 0 Å². The molecule has 2 aliphatic rings. The maximum atomic E-state index is 10.8. The first-order chi connectivity index (χ1) is 8.52. The second-order valence-corrected chi connectivity index (χ2v) is 6.93. The van der Waals surface area contributed by atoms with Crippen molar-refractivity contribution in [2.45, 2.75) is 50.5 Å². The van der Waals surface area contributed by atoms with Crippen LogP contribution in [0.2, 0.25) is 0 Å². The standard InChI is InChI=1S/C13H21NO3S/c15-18(16,17)11-5-9-13(8-4-10-14-13)12-6-2-1-3-7-12/h4,8,10,12H,1-3,5-7,9,11H2,(H,15,16,17). The topological polar surface area (TPSA) is 66.7 Å². The minimum absolute atomic E-state index is 0.162. The molecule has 102 valence electrons. The lowest BCUT2D eigenvalue weighted by Crippen LogP contribution is -2.34. The van der Waals surface area contributed by atoms with Gasteiger partial charge in [-0.2, -0.15) is 8.42 Å². The second-order valence-electron chi connectivity index (χ2n) is 5.35. The lowest BCUT2D eigenvalue weighted by Gasteiger charge is -2.36. The molecular formula is C13H21NO3S. The summed E-state index contributed by atoms with van der Waals surface area (Å²) in [6, 6.07) is 0. The first-order valence-corrected chi connectivity index (χ1v) is 8.31. The lowest BCUT2D eigenvalue weighted by molar-refractivity contribution is 0.240. The van der Waals surface area contributed by atoms with Gasteiger partial charge in [0.05, 0.1) is 11.3 Å². The van der Waals surface area contributed by atoms with Gasteiger partial charge in [-0.15, -0.1) is 0 Å². The molecule has 0 aromatic rings. The van der Waals surface area contributed by atoms with Gasteiger partial charge in [-0.25, -0.2) is 0 Å². The Labute approximate surface area is 109 Å². The zero-order valence-electron chi connectivity index (χ0n) is 10.6. The van der Waals surface area contributed by atoms with Gasteiger partial charge in [0.25, 0.3) is 10.1 Å². The van der Waals surface area contributed by atoms with E-state index in [1.54, 1.807) is 0 Å². The van der Waals surface area contributed by atoms with Crippen LogP contribution in [0, 0.1) is 5.92 Å². The van der Waals surface area contributed by atoms with E-state index in [1.165, 1.54) is 32.1 Å². The molecule has 4 nitrogen and oxygen atoms in total. The van der Waals surface area contributed by atoms with Crippen molar-refractivity contribution in [1.82, 2.24) is 0 Å². The quantitative estimate of drug-likeness (QED) is 0.782. The Morgan fingerprint density at radius 2 is 2.00 bits per heavy atom. The molecule has 0 spiro atoms. The first kappa shape index (κ1) is 13.7. The fourth-order valence-corrected chi connectivity index (χ4v) is 3.68. The Morgan fingerprint density at radius 3 is 2.56 bits per heavy atom. The van der Waals surface area contributed by atoms with Crippen LogP contribution in [-0.4, -0.2) is 30.5 Å². The molecule has 0 amide bonds. The highest BCUT2D eigenvalue weighted by atomic mass is 32.2. The van der Waals surface area contributed by atoms with Gasteiger partial charge in [0.1, 0.15) is 0 Å². The largest absolute Gasteiger partial charge is 0.286 e. The van der Waals surface area contributed by atoms with Gasteiger partial charge in [0, 0.05) is 6.21 Å². The van der Waals surface area contributed by atoms with Gasteiger partial charge in [0.2, 0.25) is 0 Å². The minimum Gasteiger partial charge on any atom is -0.286 e. The summed E-state index contributed by atoms with van der Waals surface area (Å²) in [7, 11) is -3.85. The van der Waals surface area contributed by atoms with Crippen molar-refractivity contribution < 1.29 is 13.0 Å². The zero-order chi connectivity index (χ0) is 13.1. The number of hydrogen-bond donors (Lipinski definition) is 1. The third kappa shape index (κ3) is 3.42. The highest BCUT2D eigenvalue weighted by molar-refractivity contribution is 7.85. The monoisotopic (exact) mass is 271 g/mol. The van der Waals surface area contributed by atoms with Crippen molar-refractivity contribution in [1.29, 1.82) is 0 Å². The van der Waals surface area contributed by atoms with E-state index in [0.29, 0.717) is 18.8 Å². The molecule has 1 unspecified atom stereocenters. The summed E-state index contributed by atoms with van der Waals surface area (Å²) in [5, 5.41) is 0. The summed E-state index contributed by atoms with van der Waals surface area (Å²) < 4.78 is 30.4. The molecule has 1 N–H and O–H groups in total. The molecule has 1 heterocycles. The van der Waals surface area contributed by atoms with E-state index in [9.17, 15) is 8.42 Å². The molecule has 1 aliphatic heterocycles. The molecule has 2 rings (SSSR count). The predicted octanol–water partition coefficient (Wildman–Crippen LogP) is 2.61. The maximum absolute atomic E-state index is 10.8. The molecular weight excluding hydrogens is 250 g/mol. The number of aliphatic imine (C=N–C) groups is 1. The van der Waals surface area contributed by atoms with Crippen LogP contribution in [0.1, 0.15) is 44.9 Å². The van der Waals surface area contributed by atoms with Crippen LogP contribution >= 0.6 is 0 Å². The van der Waals surface area contributed by atoms with Gasteiger partial charge in [-0.1, -0.05) is 25.3 Å². The Kier molecular flexibility index (Phi) is 4.22. The van der Waals surface area contributed by atoms with E-state index in [4.69, 9.17) is 4.55 Å². The van der Waals surface area contributed by atoms with E-state index in [1.807, 2.05) is 12.3 Å². The highest BCUT2D eigenvalue weighted by Crippen LogP contribution is 2.40. The molecule has 0 saturated heterocycles. The SMILES string of the molecule is O=S(=O)(O)CCCC1(C2CCCCC2)C=CC=N1. The molecule has 1 fully saturated rings. The number of allylic oxidation sites excluding steroid dienone is 1. The summed E-state index contributed by atoms with van der Waals surface area (Å²) in [6.07, 6.45) is 13.2. The molecule has 18 heavy (non-hydrogen) atoms. The van der Waals surface area contributed by atoms with Crippen LogP contribution < -0.4 is 0 Å². The van der Waals surface area contributed by atoms with Crippen molar-refractivity contribution in [2.75, 3.05) is 5.75 Å². The molecule has 5 heteroatoms. The normalized spacial score (nSPS) is 28.9. The van der Waals surface area contributed by atoms with Gasteiger partial charge in [0.15, 0.2) is 0 Å². The Hall–Kier alpha value is -0.680. The number of nitrogens with zero attached hydrogens (tertiary/aromatic N) is 1. The summed E-state index contributed by atoms with van der Waals surface area (Å²) in [4.78, 5) is 4.60. The van der Waals surface area contributed by atoms with E-state index in [2.05, 4.69) is 11.1 Å². The van der Waals surface area contributed by atoms with Crippen LogP contribution in [0.25, 0.3) is 0 Å². The third-order valence-corrected chi connectivity index (χ3v) is 4.88. The molecule has 1 aliphatic carbocycles. The van der Waals surface area contributed by atoms with Crippen molar-refractivity contribution >= 4 is 16.3 Å². The second kappa shape index (κ2) is 5.53. The van der Waals surface area contributed by atoms with E-state index < -0.39 is 10.1 Å². The fourth-order valence-electron chi connectivity index (χ4n) is 3.17. The van der Waals surface area contributed by atoms with Crippen molar-refractivity contribution in [3.05, 3.63) is 12.2 Å². The van der Waals surface area contributed by atoms with Crippen molar-refractivity contribution in [3.8, 4) is 0 Å². The predicted molar refractivity (Wildman–Crippen MR) is 72.6 cm³/mol. The highest BCUT2D eigenvalue weighted by Gasteiger charge is 2.37. The van der Waals surface area contributed by atoms with Crippen molar-refractivity contribution in [3.63, 3.8) is 0 Å². The summed E-state index contributed by atoms with van der Waals surface area (Å²) in [5.74, 6) is 0.368. The van der Waals surface area contributed by atoms with Crippen LogP contribution in [0.15, 0.2) is 17.1 Å². The number of rotatable bonds is 5. The van der Waals surface area contributed by atoms with Gasteiger partial charge in [-0.3, -0.25) is 9.55 Å². The molecule has 0 radical (unpaired) electrons. The summed E-state index contributed by atoms with van der Waals surface area (Å²) in [6.45, 7) is 0. The molecule has 1 saturated carbocycles. The first-order valence-electron chi connectivity index (χ1n) is 6.70. The molecule has 1 atom stereocenters. The summed E-state index contributed by atoms with van der Waals surface area (Å²) >= 11 is 0. The molecule has 0 bridgehead atoms. The smallest absolute Gasteiger partial charge is 0.264 e. The Bertz CT molecular complexity index is 421. The maximum Gasteiger partial charge on any atom is 0.264 e. The van der Waals surface area contributed by atoms with E-state index in [-0.39, 0.29) is 11.3 Å².